The smallest absolute Gasteiger partial charge is 0.191 e. The van der Waals surface area contributed by atoms with Crippen LogP contribution in [0.25, 0.3) is 0 Å². The van der Waals surface area contributed by atoms with Gasteiger partial charge in [0.1, 0.15) is 0 Å². The molecule has 0 saturated heterocycles. The molecule has 0 aromatic carbocycles. The lowest BCUT2D eigenvalue weighted by Crippen LogP contribution is -2.38. The minimum Gasteiger partial charge on any atom is -0.357 e. The number of pyridine rings is 1. The molecule has 0 spiro atoms. The average molecular weight is 472 g/mol. The number of aromatic nitrogens is 1. The van der Waals surface area contributed by atoms with Gasteiger partial charge in [0.05, 0.1) is 0 Å². The van der Waals surface area contributed by atoms with Crippen molar-refractivity contribution in [3.8, 4) is 0 Å². The second-order valence-corrected chi connectivity index (χ2v) is 7.12. The molecule has 4 nitrogen and oxygen atoms in total. The quantitative estimate of drug-likeness (QED) is 0.346. The lowest BCUT2D eigenvalue weighted by molar-refractivity contribution is 0.595. The van der Waals surface area contributed by atoms with Gasteiger partial charge >= 0.3 is 0 Å². The number of nitrogens with zero attached hydrogens (tertiary/aromatic N) is 2. The minimum atomic E-state index is 0. The highest BCUT2D eigenvalue weighted by atomic mass is 127. The van der Waals surface area contributed by atoms with Crippen LogP contribution in [0.3, 0.4) is 0 Å². The molecule has 0 fully saturated rings. The van der Waals surface area contributed by atoms with Crippen molar-refractivity contribution >= 4 is 41.3 Å². The number of guanidine groups is 1. The van der Waals surface area contributed by atoms with Crippen LogP contribution < -0.4 is 10.6 Å². The van der Waals surface area contributed by atoms with Gasteiger partial charge in [-0.3, -0.25) is 9.98 Å². The Balaban J connectivity index is 0.00000312. The van der Waals surface area contributed by atoms with Crippen molar-refractivity contribution in [1.82, 2.24) is 15.6 Å². The molecule has 25 heavy (non-hydrogen) atoms. The summed E-state index contributed by atoms with van der Waals surface area (Å²) in [6, 6.07) is 6.40. The molecule has 2 heterocycles. The molecule has 6 heteroatoms. The van der Waals surface area contributed by atoms with Crippen LogP contribution in [0, 0.1) is 12.8 Å². The Morgan fingerprint density at radius 2 is 2.16 bits per heavy atom. The Hall–Kier alpha value is -1.15. The van der Waals surface area contributed by atoms with Gasteiger partial charge in [-0.25, -0.2) is 0 Å². The maximum absolute atomic E-state index is 4.73. The number of rotatable bonds is 8. The summed E-state index contributed by atoms with van der Waals surface area (Å²) >= 11 is 1.82. The zero-order valence-corrected chi connectivity index (χ0v) is 18.4. The summed E-state index contributed by atoms with van der Waals surface area (Å²) in [6.07, 6.45) is 5.84. The number of aliphatic imine (C=N–C) groups is 1. The first-order valence-corrected chi connectivity index (χ1v) is 9.51. The van der Waals surface area contributed by atoms with Crippen LogP contribution in [0.4, 0.5) is 0 Å². The Morgan fingerprint density at radius 1 is 1.32 bits per heavy atom. The second kappa shape index (κ2) is 12.2. The molecule has 0 radical (unpaired) electrons. The number of thiophene rings is 1. The SMILES string of the molecule is CCNC(=NCC(C)Cc1cccs1)NCCc1ccncc1C.I. The van der Waals surface area contributed by atoms with Crippen LogP contribution in [0.15, 0.2) is 41.0 Å². The summed E-state index contributed by atoms with van der Waals surface area (Å²) in [5.74, 6) is 1.45. The molecule has 0 aliphatic rings. The largest absolute Gasteiger partial charge is 0.357 e. The molecule has 1 atom stereocenters. The Morgan fingerprint density at radius 3 is 2.84 bits per heavy atom. The normalized spacial score (nSPS) is 12.4. The maximum atomic E-state index is 4.73. The average Bonchev–Trinajstić information content (AvgIpc) is 3.07. The topological polar surface area (TPSA) is 49.3 Å². The highest BCUT2D eigenvalue weighted by Gasteiger charge is 2.05. The fourth-order valence-corrected chi connectivity index (χ4v) is 3.39. The van der Waals surface area contributed by atoms with Gasteiger partial charge in [-0.2, -0.15) is 0 Å². The summed E-state index contributed by atoms with van der Waals surface area (Å²) in [5.41, 5.74) is 2.57. The number of hydrogen-bond acceptors (Lipinski definition) is 3. The van der Waals surface area contributed by atoms with E-state index in [1.165, 1.54) is 16.0 Å². The predicted octanol–water partition coefficient (Wildman–Crippen LogP) is 4.05. The molecule has 1 unspecified atom stereocenters. The van der Waals surface area contributed by atoms with Crippen molar-refractivity contribution in [3.05, 3.63) is 52.0 Å². The third kappa shape index (κ3) is 8.18. The number of halogens is 1. The molecule has 2 rings (SSSR count). The van der Waals surface area contributed by atoms with E-state index in [2.05, 4.69) is 60.0 Å². The van der Waals surface area contributed by atoms with Gasteiger partial charge in [0.15, 0.2) is 5.96 Å². The van der Waals surface area contributed by atoms with Gasteiger partial charge in [-0.15, -0.1) is 35.3 Å². The van der Waals surface area contributed by atoms with E-state index in [4.69, 9.17) is 4.99 Å². The van der Waals surface area contributed by atoms with Gasteiger partial charge in [0.25, 0.3) is 0 Å². The van der Waals surface area contributed by atoms with Gasteiger partial charge in [0, 0.05) is 36.9 Å². The van der Waals surface area contributed by atoms with E-state index in [0.717, 1.165) is 38.4 Å². The maximum Gasteiger partial charge on any atom is 0.191 e. The summed E-state index contributed by atoms with van der Waals surface area (Å²) in [7, 11) is 0. The van der Waals surface area contributed by atoms with E-state index >= 15 is 0 Å². The van der Waals surface area contributed by atoms with E-state index in [0.29, 0.717) is 5.92 Å². The molecular weight excluding hydrogens is 443 g/mol. The zero-order chi connectivity index (χ0) is 17.2. The lowest BCUT2D eigenvalue weighted by atomic mass is 10.1. The first-order valence-electron chi connectivity index (χ1n) is 8.63. The summed E-state index contributed by atoms with van der Waals surface area (Å²) < 4.78 is 0. The zero-order valence-electron chi connectivity index (χ0n) is 15.3. The molecular formula is C19H29IN4S. The molecule has 0 saturated carbocycles. The van der Waals surface area contributed by atoms with Crippen LogP contribution in [0.1, 0.15) is 29.9 Å². The standard InChI is InChI=1S/C19H28N4S.HI/c1-4-21-19(22-10-8-17-7-9-20-14-16(17)3)23-13-15(2)12-18-6-5-11-24-18;/h5-7,9,11,14-15H,4,8,10,12-13H2,1-3H3,(H2,21,22,23);1H. The van der Waals surface area contributed by atoms with Crippen molar-refractivity contribution < 1.29 is 0 Å². The van der Waals surface area contributed by atoms with Crippen LogP contribution >= 0.6 is 35.3 Å². The molecule has 0 amide bonds. The van der Waals surface area contributed by atoms with Gasteiger partial charge in [0.2, 0.25) is 0 Å². The minimum absolute atomic E-state index is 0. The molecule has 2 N–H and O–H groups in total. The molecule has 0 bridgehead atoms. The molecule has 2 aromatic rings. The van der Waals surface area contributed by atoms with Crippen LogP contribution in [0.2, 0.25) is 0 Å². The van der Waals surface area contributed by atoms with Crippen molar-refractivity contribution in [2.75, 3.05) is 19.6 Å². The fraction of sp³-hybridized carbons (Fsp3) is 0.474. The number of nitrogens with one attached hydrogen (secondary N) is 2. The Labute approximate surface area is 172 Å². The van der Waals surface area contributed by atoms with E-state index < -0.39 is 0 Å². The fourth-order valence-electron chi connectivity index (χ4n) is 2.52. The predicted molar refractivity (Wildman–Crippen MR) is 119 cm³/mol. The third-order valence-electron chi connectivity index (χ3n) is 3.86. The molecule has 0 aliphatic heterocycles. The van der Waals surface area contributed by atoms with Gasteiger partial charge in [-0.05, 0) is 61.2 Å². The summed E-state index contributed by atoms with van der Waals surface area (Å²) in [6.45, 7) is 9.04. The molecule has 138 valence electrons. The van der Waals surface area contributed by atoms with E-state index in [1.807, 2.05) is 23.7 Å². The van der Waals surface area contributed by atoms with Gasteiger partial charge in [-0.1, -0.05) is 13.0 Å². The highest BCUT2D eigenvalue weighted by Crippen LogP contribution is 2.14. The van der Waals surface area contributed by atoms with Crippen LogP contribution in [-0.2, 0) is 12.8 Å². The number of hydrogen-bond donors (Lipinski definition) is 2. The second-order valence-electron chi connectivity index (χ2n) is 6.09. The van der Waals surface area contributed by atoms with Crippen LogP contribution in [-0.4, -0.2) is 30.6 Å². The van der Waals surface area contributed by atoms with E-state index in [1.54, 1.807) is 0 Å². The van der Waals surface area contributed by atoms with Crippen LogP contribution in [0.5, 0.6) is 0 Å². The molecule has 0 aliphatic carbocycles. The lowest BCUT2D eigenvalue weighted by Gasteiger charge is -2.13. The number of aryl methyl sites for hydroxylation is 1. The highest BCUT2D eigenvalue weighted by molar-refractivity contribution is 14.0. The van der Waals surface area contributed by atoms with E-state index in [9.17, 15) is 0 Å². The third-order valence-corrected chi connectivity index (χ3v) is 4.76. The Kier molecular flexibility index (Phi) is 10.7. The summed E-state index contributed by atoms with van der Waals surface area (Å²) in [5, 5.41) is 8.90. The van der Waals surface area contributed by atoms with Crippen molar-refractivity contribution in [2.45, 2.75) is 33.6 Å². The summed E-state index contributed by atoms with van der Waals surface area (Å²) in [4.78, 5) is 10.3. The Bertz CT molecular complexity index is 628. The van der Waals surface area contributed by atoms with Crippen molar-refractivity contribution in [3.63, 3.8) is 0 Å². The van der Waals surface area contributed by atoms with E-state index in [-0.39, 0.29) is 24.0 Å². The van der Waals surface area contributed by atoms with Crippen molar-refractivity contribution in [2.24, 2.45) is 10.9 Å². The monoisotopic (exact) mass is 472 g/mol. The van der Waals surface area contributed by atoms with Crippen molar-refractivity contribution in [1.29, 1.82) is 0 Å². The first-order chi connectivity index (χ1) is 11.7. The molecule has 2 aromatic heterocycles. The van der Waals surface area contributed by atoms with Gasteiger partial charge < -0.3 is 10.6 Å². The first kappa shape index (κ1) is 21.9.